The number of benzene rings is 1. The van der Waals surface area contributed by atoms with Crippen molar-refractivity contribution in [2.24, 2.45) is 0 Å². The van der Waals surface area contributed by atoms with Crippen molar-refractivity contribution in [3.8, 4) is 0 Å². The van der Waals surface area contributed by atoms with Crippen LogP contribution in [0.3, 0.4) is 0 Å². The van der Waals surface area contributed by atoms with Gasteiger partial charge < -0.3 is 10.2 Å². The van der Waals surface area contributed by atoms with E-state index in [9.17, 15) is 14.1 Å². The molecule has 0 saturated carbocycles. The van der Waals surface area contributed by atoms with E-state index < -0.39 is 17.6 Å². The van der Waals surface area contributed by atoms with Gasteiger partial charge in [-0.3, -0.25) is 0 Å². The van der Waals surface area contributed by atoms with Crippen molar-refractivity contribution >= 4 is 17.6 Å². The maximum atomic E-state index is 13.5. The standard InChI is InChI=1S/C10H8FNO4/c11-12(7-4-2-1-3-5-7)8(10(15)16)6-9(13)14/h1-6H,(H,13,14)(H,15,16)/b8-6-. The van der Waals surface area contributed by atoms with Gasteiger partial charge in [0.05, 0.1) is 11.8 Å². The number of aliphatic carboxylic acids is 2. The zero-order valence-corrected chi connectivity index (χ0v) is 8.00. The van der Waals surface area contributed by atoms with Crippen LogP contribution in [0.25, 0.3) is 0 Å². The molecule has 16 heavy (non-hydrogen) atoms. The molecule has 0 aliphatic carbocycles. The molecule has 0 radical (unpaired) electrons. The highest BCUT2D eigenvalue weighted by atomic mass is 19.2. The normalized spacial score (nSPS) is 10.9. The minimum atomic E-state index is -1.66. The number of hydrogen-bond acceptors (Lipinski definition) is 3. The zero-order valence-electron chi connectivity index (χ0n) is 8.00. The number of rotatable bonds is 4. The maximum Gasteiger partial charge on any atom is 0.355 e. The number of hydrogen-bond donors (Lipinski definition) is 2. The molecule has 6 heteroatoms. The summed E-state index contributed by atoms with van der Waals surface area (Å²) in [5.41, 5.74) is -1.02. The fourth-order valence-electron chi connectivity index (χ4n) is 1.02. The van der Waals surface area contributed by atoms with Crippen LogP contribution in [-0.4, -0.2) is 22.2 Å². The van der Waals surface area contributed by atoms with E-state index in [1.807, 2.05) is 0 Å². The Kier molecular flexibility index (Phi) is 3.60. The molecule has 1 rings (SSSR count). The SMILES string of the molecule is O=C(O)/C=C(/C(=O)O)N(F)c1ccccc1. The first-order valence-electron chi connectivity index (χ1n) is 4.21. The molecule has 0 aliphatic rings. The first-order valence-corrected chi connectivity index (χ1v) is 4.21. The van der Waals surface area contributed by atoms with Crippen molar-refractivity contribution < 1.29 is 24.3 Å². The van der Waals surface area contributed by atoms with Crippen LogP contribution in [0, 0.1) is 0 Å². The van der Waals surface area contributed by atoms with Crippen molar-refractivity contribution in [2.75, 3.05) is 5.12 Å². The highest BCUT2D eigenvalue weighted by molar-refractivity contribution is 5.97. The largest absolute Gasteiger partial charge is 0.478 e. The Hall–Kier alpha value is -2.37. The molecule has 0 amide bonds. The molecule has 0 spiro atoms. The number of carboxylic acid groups (broad SMARTS) is 2. The van der Waals surface area contributed by atoms with Crippen molar-refractivity contribution in [3.05, 3.63) is 42.1 Å². The number of nitrogens with zero attached hydrogens (tertiary/aromatic N) is 1. The monoisotopic (exact) mass is 225 g/mol. The third-order valence-corrected chi connectivity index (χ3v) is 1.67. The third-order valence-electron chi connectivity index (χ3n) is 1.67. The molecule has 0 aromatic heterocycles. The van der Waals surface area contributed by atoms with Crippen molar-refractivity contribution in [3.63, 3.8) is 0 Å². The second-order valence-electron chi connectivity index (χ2n) is 2.79. The van der Waals surface area contributed by atoms with Crippen molar-refractivity contribution in [1.82, 2.24) is 0 Å². The Bertz CT molecular complexity index is 430. The molecule has 1 aromatic carbocycles. The van der Waals surface area contributed by atoms with Crippen LogP contribution in [0.1, 0.15) is 0 Å². The van der Waals surface area contributed by atoms with E-state index in [1.165, 1.54) is 24.3 Å². The van der Waals surface area contributed by atoms with Crippen LogP contribution in [-0.2, 0) is 9.59 Å². The van der Waals surface area contributed by atoms with Crippen LogP contribution >= 0.6 is 0 Å². The Morgan fingerprint density at radius 2 is 1.75 bits per heavy atom. The number of anilines is 1. The molecular weight excluding hydrogens is 217 g/mol. The minimum Gasteiger partial charge on any atom is -0.478 e. The second-order valence-corrected chi connectivity index (χ2v) is 2.79. The molecule has 1 aromatic rings. The molecule has 0 saturated heterocycles. The quantitative estimate of drug-likeness (QED) is 0.598. The second kappa shape index (κ2) is 4.92. The lowest BCUT2D eigenvalue weighted by molar-refractivity contribution is -0.135. The summed E-state index contributed by atoms with van der Waals surface area (Å²) < 4.78 is 13.5. The summed E-state index contributed by atoms with van der Waals surface area (Å²) in [5, 5.41) is 16.8. The first kappa shape index (κ1) is 11.7. The van der Waals surface area contributed by atoms with E-state index in [2.05, 4.69) is 0 Å². The predicted molar refractivity (Wildman–Crippen MR) is 53.4 cm³/mol. The van der Waals surface area contributed by atoms with Gasteiger partial charge in [-0.05, 0) is 12.1 Å². The van der Waals surface area contributed by atoms with Crippen LogP contribution < -0.4 is 5.12 Å². The van der Waals surface area contributed by atoms with E-state index in [-0.39, 0.29) is 16.9 Å². The van der Waals surface area contributed by atoms with Crippen LogP contribution in [0.4, 0.5) is 10.2 Å². The van der Waals surface area contributed by atoms with Crippen molar-refractivity contribution in [2.45, 2.75) is 0 Å². The average molecular weight is 225 g/mol. The van der Waals surface area contributed by atoms with Gasteiger partial charge in [0.1, 0.15) is 0 Å². The summed E-state index contributed by atoms with van der Waals surface area (Å²) in [5.74, 6) is -3.19. The van der Waals surface area contributed by atoms with Crippen LogP contribution in [0.15, 0.2) is 42.1 Å². The lowest BCUT2D eigenvalue weighted by atomic mass is 10.3. The molecule has 0 aliphatic heterocycles. The number of para-hydroxylation sites is 1. The van der Waals surface area contributed by atoms with E-state index in [0.717, 1.165) is 0 Å². The summed E-state index contributed by atoms with van der Waals surface area (Å²) in [6.45, 7) is 0. The number of halogens is 1. The molecule has 84 valence electrons. The summed E-state index contributed by atoms with van der Waals surface area (Å²) in [7, 11) is 0. The Morgan fingerprint density at radius 3 is 2.19 bits per heavy atom. The van der Waals surface area contributed by atoms with Gasteiger partial charge in [-0.2, -0.15) is 5.12 Å². The van der Waals surface area contributed by atoms with Gasteiger partial charge in [0.15, 0.2) is 5.70 Å². The third kappa shape index (κ3) is 2.81. The molecule has 0 unspecified atom stereocenters. The molecule has 5 nitrogen and oxygen atoms in total. The molecule has 0 atom stereocenters. The molecule has 0 heterocycles. The highest BCUT2D eigenvalue weighted by Gasteiger charge is 2.19. The van der Waals surface area contributed by atoms with Crippen LogP contribution in [0.5, 0.6) is 0 Å². The first-order chi connectivity index (χ1) is 7.52. The van der Waals surface area contributed by atoms with Crippen LogP contribution in [0.2, 0.25) is 0 Å². The minimum absolute atomic E-state index is 0.0580. The highest BCUT2D eigenvalue weighted by Crippen LogP contribution is 2.19. The zero-order chi connectivity index (χ0) is 12.1. The van der Waals surface area contributed by atoms with E-state index >= 15 is 0 Å². The van der Waals surface area contributed by atoms with Gasteiger partial charge in [0.2, 0.25) is 0 Å². The lowest BCUT2D eigenvalue weighted by Gasteiger charge is -2.13. The Labute approximate surface area is 90.0 Å². The number of carboxylic acids is 2. The Morgan fingerprint density at radius 1 is 1.19 bits per heavy atom. The molecule has 0 bridgehead atoms. The average Bonchev–Trinajstić information content (AvgIpc) is 2.25. The lowest BCUT2D eigenvalue weighted by Crippen LogP contribution is -2.20. The Balaban J connectivity index is 3.06. The summed E-state index contributed by atoms with van der Waals surface area (Å²) in [6.07, 6.45) is 0.287. The maximum absolute atomic E-state index is 13.5. The van der Waals surface area contributed by atoms with Gasteiger partial charge in [0, 0.05) is 0 Å². The van der Waals surface area contributed by atoms with Gasteiger partial charge >= 0.3 is 11.9 Å². The molecule has 2 N–H and O–H groups in total. The summed E-state index contributed by atoms with van der Waals surface area (Å²) in [4.78, 5) is 21.0. The number of carbonyl (C=O) groups is 2. The van der Waals surface area contributed by atoms with Crippen molar-refractivity contribution in [1.29, 1.82) is 0 Å². The topological polar surface area (TPSA) is 77.8 Å². The van der Waals surface area contributed by atoms with Gasteiger partial charge in [-0.15, -0.1) is 0 Å². The fraction of sp³-hybridized carbons (Fsp3) is 0. The summed E-state index contributed by atoms with van der Waals surface area (Å²) in [6, 6.07) is 7.26. The van der Waals surface area contributed by atoms with Gasteiger partial charge in [0.25, 0.3) is 0 Å². The molecule has 0 fully saturated rings. The van der Waals surface area contributed by atoms with Gasteiger partial charge in [-0.25, -0.2) is 9.59 Å². The van der Waals surface area contributed by atoms with E-state index in [0.29, 0.717) is 0 Å². The smallest absolute Gasteiger partial charge is 0.355 e. The molecular formula is C10H8FNO4. The summed E-state index contributed by atoms with van der Waals surface area (Å²) >= 11 is 0. The van der Waals surface area contributed by atoms with Gasteiger partial charge in [-0.1, -0.05) is 22.7 Å². The predicted octanol–water partition coefficient (Wildman–Crippen LogP) is 1.43. The fourth-order valence-corrected chi connectivity index (χ4v) is 1.02. The van der Waals surface area contributed by atoms with E-state index in [4.69, 9.17) is 10.2 Å². The van der Waals surface area contributed by atoms with E-state index in [1.54, 1.807) is 6.07 Å².